The number of amides is 1. The van der Waals surface area contributed by atoms with Crippen molar-refractivity contribution in [3.63, 3.8) is 0 Å². The zero-order valence-corrected chi connectivity index (χ0v) is 15.0. The summed E-state index contributed by atoms with van der Waals surface area (Å²) < 4.78 is 5.01. The lowest BCUT2D eigenvalue weighted by atomic mass is 10.1. The standard InChI is InChI=1S/C19H21ClN2O3/c1-3-13-4-6-14(7-5-13)12(2)22-18(23)11-25-19(24)15-8-9-16(20)17(21)10-15/h4-10,12H,3,11,21H2,1-2H3,(H,22,23)/t12-/m1/s1. The number of rotatable bonds is 6. The summed E-state index contributed by atoms with van der Waals surface area (Å²) in [6.45, 7) is 3.60. The van der Waals surface area contributed by atoms with E-state index in [-0.39, 0.29) is 29.8 Å². The highest BCUT2D eigenvalue weighted by molar-refractivity contribution is 6.33. The van der Waals surface area contributed by atoms with Gasteiger partial charge in [-0.3, -0.25) is 4.79 Å². The van der Waals surface area contributed by atoms with E-state index in [4.69, 9.17) is 22.1 Å². The molecule has 0 aliphatic carbocycles. The molecule has 1 atom stereocenters. The smallest absolute Gasteiger partial charge is 0.338 e. The van der Waals surface area contributed by atoms with E-state index >= 15 is 0 Å². The quantitative estimate of drug-likeness (QED) is 0.610. The summed E-state index contributed by atoms with van der Waals surface area (Å²) in [5.74, 6) is -0.999. The first kappa shape index (κ1) is 18.8. The number of anilines is 1. The number of nitrogens with two attached hydrogens (primary N) is 1. The summed E-state index contributed by atoms with van der Waals surface area (Å²) in [6, 6.07) is 12.3. The van der Waals surface area contributed by atoms with Gasteiger partial charge >= 0.3 is 5.97 Å². The van der Waals surface area contributed by atoms with Crippen LogP contribution in [-0.2, 0) is 16.0 Å². The van der Waals surface area contributed by atoms with E-state index in [0.29, 0.717) is 5.02 Å². The lowest BCUT2D eigenvalue weighted by molar-refractivity contribution is -0.124. The fourth-order valence-electron chi connectivity index (χ4n) is 2.29. The number of hydrogen-bond acceptors (Lipinski definition) is 4. The fourth-order valence-corrected chi connectivity index (χ4v) is 2.41. The third-order valence-electron chi connectivity index (χ3n) is 3.83. The van der Waals surface area contributed by atoms with E-state index < -0.39 is 5.97 Å². The van der Waals surface area contributed by atoms with Crippen molar-refractivity contribution in [2.45, 2.75) is 26.3 Å². The summed E-state index contributed by atoms with van der Waals surface area (Å²) in [6.07, 6.45) is 0.964. The van der Waals surface area contributed by atoms with Crippen LogP contribution < -0.4 is 11.1 Å². The summed E-state index contributed by atoms with van der Waals surface area (Å²) in [5.41, 5.74) is 8.40. The van der Waals surface area contributed by atoms with Crippen LogP contribution in [0.4, 0.5) is 5.69 Å². The Balaban J connectivity index is 1.86. The number of carbonyl (C=O) groups is 2. The van der Waals surface area contributed by atoms with Crippen molar-refractivity contribution in [3.8, 4) is 0 Å². The molecule has 25 heavy (non-hydrogen) atoms. The van der Waals surface area contributed by atoms with Gasteiger partial charge in [0.2, 0.25) is 0 Å². The maximum Gasteiger partial charge on any atom is 0.338 e. The van der Waals surface area contributed by atoms with Crippen molar-refractivity contribution in [2.24, 2.45) is 0 Å². The summed E-state index contributed by atoms with van der Waals surface area (Å²) in [4.78, 5) is 23.9. The van der Waals surface area contributed by atoms with Crippen LogP contribution >= 0.6 is 11.6 Å². The number of carbonyl (C=O) groups excluding carboxylic acids is 2. The predicted octanol–water partition coefficient (Wildman–Crippen LogP) is 3.52. The van der Waals surface area contributed by atoms with Gasteiger partial charge in [-0.2, -0.15) is 0 Å². The Bertz CT molecular complexity index is 760. The molecule has 0 radical (unpaired) electrons. The van der Waals surface area contributed by atoms with Crippen molar-refractivity contribution >= 4 is 29.2 Å². The first-order chi connectivity index (χ1) is 11.9. The van der Waals surface area contributed by atoms with Gasteiger partial charge in [-0.15, -0.1) is 0 Å². The van der Waals surface area contributed by atoms with Gasteiger partial charge in [0.15, 0.2) is 6.61 Å². The first-order valence-electron chi connectivity index (χ1n) is 8.01. The highest BCUT2D eigenvalue weighted by Gasteiger charge is 2.14. The van der Waals surface area contributed by atoms with Crippen LogP contribution in [0.15, 0.2) is 42.5 Å². The summed E-state index contributed by atoms with van der Waals surface area (Å²) >= 11 is 5.81. The van der Waals surface area contributed by atoms with E-state index in [0.717, 1.165) is 12.0 Å². The number of hydrogen-bond donors (Lipinski definition) is 2. The minimum absolute atomic E-state index is 0.178. The largest absolute Gasteiger partial charge is 0.452 e. The van der Waals surface area contributed by atoms with Crippen LogP contribution in [-0.4, -0.2) is 18.5 Å². The first-order valence-corrected chi connectivity index (χ1v) is 8.38. The summed E-state index contributed by atoms with van der Waals surface area (Å²) in [5, 5.41) is 3.16. The van der Waals surface area contributed by atoms with Gasteiger partial charge < -0.3 is 15.8 Å². The van der Waals surface area contributed by atoms with Gasteiger partial charge in [-0.25, -0.2) is 4.79 Å². The van der Waals surface area contributed by atoms with Gasteiger partial charge in [-0.1, -0.05) is 42.8 Å². The molecule has 0 heterocycles. The number of ether oxygens (including phenoxy) is 1. The van der Waals surface area contributed by atoms with Crippen molar-refractivity contribution in [3.05, 3.63) is 64.2 Å². The molecular weight excluding hydrogens is 340 g/mol. The number of halogens is 1. The molecule has 6 heteroatoms. The topological polar surface area (TPSA) is 81.4 Å². The minimum Gasteiger partial charge on any atom is -0.452 e. The molecule has 2 aromatic rings. The third-order valence-corrected chi connectivity index (χ3v) is 4.18. The highest BCUT2D eigenvalue weighted by atomic mass is 35.5. The predicted molar refractivity (Wildman–Crippen MR) is 98.5 cm³/mol. The van der Waals surface area contributed by atoms with Crippen LogP contribution in [0.2, 0.25) is 5.02 Å². The molecule has 5 nitrogen and oxygen atoms in total. The Hall–Kier alpha value is -2.53. The van der Waals surface area contributed by atoms with E-state index in [9.17, 15) is 9.59 Å². The molecule has 1 amide bonds. The number of aryl methyl sites for hydroxylation is 1. The molecule has 3 N–H and O–H groups in total. The number of benzene rings is 2. The third kappa shape index (κ3) is 5.22. The van der Waals surface area contributed by atoms with E-state index in [1.165, 1.54) is 23.8 Å². The molecule has 2 rings (SSSR count). The molecule has 0 aliphatic rings. The van der Waals surface area contributed by atoms with Crippen LogP contribution in [0.3, 0.4) is 0 Å². The maximum absolute atomic E-state index is 12.0. The molecule has 0 bridgehead atoms. The van der Waals surface area contributed by atoms with E-state index in [1.807, 2.05) is 31.2 Å². The minimum atomic E-state index is -0.626. The molecule has 0 saturated heterocycles. The molecule has 0 unspecified atom stereocenters. The highest BCUT2D eigenvalue weighted by Crippen LogP contribution is 2.20. The average Bonchev–Trinajstić information content (AvgIpc) is 2.62. The van der Waals surface area contributed by atoms with Crippen LogP contribution in [0.25, 0.3) is 0 Å². The van der Waals surface area contributed by atoms with Crippen LogP contribution in [0.1, 0.15) is 41.4 Å². The molecule has 132 valence electrons. The average molecular weight is 361 g/mol. The molecule has 0 saturated carbocycles. The lowest BCUT2D eigenvalue weighted by Gasteiger charge is -2.15. The second-order valence-corrected chi connectivity index (χ2v) is 6.10. The van der Waals surface area contributed by atoms with Crippen molar-refractivity contribution in [1.29, 1.82) is 0 Å². The van der Waals surface area contributed by atoms with Gasteiger partial charge in [-0.05, 0) is 42.7 Å². The van der Waals surface area contributed by atoms with Gasteiger partial charge in [0, 0.05) is 0 Å². The van der Waals surface area contributed by atoms with Crippen molar-refractivity contribution in [2.75, 3.05) is 12.3 Å². The maximum atomic E-state index is 12.0. The van der Waals surface area contributed by atoms with Crippen LogP contribution in [0.5, 0.6) is 0 Å². The van der Waals surface area contributed by atoms with Crippen molar-refractivity contribution in [1.82, 2.24) is 5.32 Å². The second-order valence-electron chi connectivity index (χ2n) is 5.70. The normalized spacial score (nSPS) is 11.6. The number of nitrogens with one attached hydrogen (secondary N) is 1. The summed E-state index contributed by atoms with van der Waals surface area (Å²) in [7, 11) is 0. The number of esters is 1. The van der Waals surface area contributed by atoms with E-state index in [1.54, 1.807) is 0 Å². The second kappa shape index (κ2) is 8.53. The Kier molecular flexibility index (Phi) is 6.42. The zero-order valence-electron chi connectivity index (χ0n) is 14.2. The van der Waals surface area contributed by atoms with E-state index in [2.05, 4.69) is 12.2 Å². The molecule has 0 spiro atoms. The Morgan fingerprint density at radius 2 is 1.88 bits per heavy atom. The number of nitrogen functional groups attached to an aromatic ring is 1. The van der Waals surface area contributed by atoms with Crippen molar-refractivity contribution < 1.29 is 14.3 Å². The van der Waals surface area contributed by atoms with Gasteiger partial charge in [0.1, 0.15) is 0 Å². The Morgan fingerprint density at radius 3 is 2.48 bits per heavy atom. The SMILES string of the molecule is CCc1ccc([C@@H](C)NC(=O)COC(=O)c2ccc(Cl)c(N)c2)cc1. The van der Waals surface area contributed by atoms with Crippen LogP contribution in [0, 0.1) is 0 Å². The van der Waals surface area contributed by atoms with Gasteiger partial charge in [0.05, 0.1) is 22.3 Å². The monoisotopic (exact) mass is 360 g/mol. The van der Waals surface area contributed by atoms with Gasteiger partial charge in [0.25, 0.3) is 5.91 Å². The Morgan fingerprint density at radius 1 is 1.20 bits per heavy atom. The lowest BCUT2D eigenvalue weighted by Crippen LogP contribution is -2.31. The molecule has 2 aromatic carbocycles. The molecule has 0 aromatic heterocycles. The molecule has 0 fully saturated rings. The Labute approximate surface area is 152 Å². The fraction of sp³-hybridized carbons (Fsp3) is 0.263. The molecule has 0 aliphatic heterocycles. The molecular formula is C19H21ClN2O3. The zero-order chi connectivity index (χ0) is 18.4.